The standard InChI is InChI=1S/C21H25N3O2/c1-21(2,3)26-20(25)24(18-8-9-18)14-17-13-15(6-4-10-22)12-16-7-5-11-23-19(16)17/h5,7,11-13,18H,4,6,8-9,14H2,1-3H3. The molecule has 2 aromatic rings. The maximum absolute atomic E-state index is 12.7. The van der Waals surface area contributed by atoms with E-state index < -0.39 is 5.60 Å². The molecule has 1 amide bonds. The number of rotatable bonds is 5. The van der Waals surface area contributed by atoms with E-state index in [4.69, 9.17) is 10.00 Å². The maximum Gasteiger partial charge on any atom is 0.410 e. The average Bonchev–Trinajstić information content (AvgIpc) is 3.40. The summed E-state index contributed by atoms with van der Waals surface area (Å²) in [4.78, 5) is 19.0. The number of pyridine rings is 1. The molecule has 3 rings (SSSR count). The highest BCUT2D eigenvalue weighted by atomic mass is 16.6. The summed E-state index contributed by atoms with van der Waals surface area (Å²) in [5, 5.41) is 9.93. The molecule has 1 aromatic carbocycles. The Morgan fingerprint density at radius 2 is 2.15 bits per heavy atom. The molecule has 5 heteroatoms. The minimum absolute atomic E-state index is 0.242. The molecule has 0 radical (unpaired) electrons. The molecule has 26 heavy (non-hydrogen) atoms. The lowest BCUT2D eigenvalue weighted by molar-refractivity contribution is 0.0217. The first kappa shape index (κ1) is 18.2. The van der Waals surface area contributed by atoms with Gasteiger partial charge >= 0.3 is 6.09 Å². The molecule has 1 heterocycles. The van der Waals surface area contributed by atoms with Crippen LogP contribution in [-0.4, -0.2) is 27.6 Å². The first-order valence-electron chi connectivity index (χ1n) is 9.10. The summed E-state index contributed by atoms with van der Waals surface area (Å²) in [5.41, 5.74) is 2.50. The molecule has 1 fully saturated rings. The second kappa shape index (κ2) is 7.33. The largest absolute Gasteiger partial charge is 0.444 e. The number of carbonyl (C=O) groups excluding carboxylic acids is 1. The third-order valence-corrected chi connectivity index (χ3v) is 4.33. The van der Waals surface area contributed by atoms with Gasteiger partial charge in [-0.2, -0.15) is 5.26 Å². The molecule has 1 saturated carbocycles. The van der Waals surface area contributed by atoms with Gasteiger partial charge in [-0.1, -0.05) is 12.1 Å². The van der Waals surface area contributed by atoms with E-state index in [0.29, 0.717) is 19.4 Å². The van der Waals surface area contributed by atoms with Gasteiger partial charge in [0.15, 0.2) is 0 Å². The first-order valence-corrected chi connectivity index (χ1v) is 9.10. The lowest BCUT2D eigenvalue weighted by Crippen LogP contribution is -2.37. The van der Waals surface area contributed by atoms with Crippen molar-refractivity contribution in [2.75, 3.05) is 0 Å². The number of carbonyl (C=O) groups is 1. The van der Waals surface area contributed by atoms with Crippen LogP contribution >= 0.6 is 0 Å². The number of benzene rings is 1. The molecule has 0 atom stereocenters. The van der Waals surface area contributed by atoms with E-state index in [2.05, 4.69) is 23.2 Å². The van der Waals surface area contributed by atoms with Gasteiger partial charge in [0.2, 0.25) is 0 Å². The van der Waals surface area contributed by atoms with Gasteiger partial charge in [-0.3, -0.25) is 4.98 Å². The molecule has 1 aliphatic rings. The van der Waals surface area contributed by atoms with E-state index in [1.54, 1.807) is 6.20 Å². The van der Waals surface area contributed by atoms with Crippen molar-refractivity contribution in [3.63, 3.8) is 0 Å². The Hall–Kier alpha value is -2.61. The molecule has 1 aliphatic carbocycles. The monoisotopic (exact) mass is 351 g/mol. The number of fused-ring (bicyclic) bond motifs is 1. The molecule has 0 aliphatic heterocycles. The van der Waals surface area contributed by atoms with Crippen molar-refractivity contribution in [1.82, 2.24) is 9.88 Å². The van der Waals surface area contributed by atoms with Crippen LogP contribution in [0.25, 0.3) is 10.9 Å². The van der Waals surface area contributed by atoms with Crippen LogP contribution in [-0.2, 0) is 17.7 Å². The molecular formula is C21H25N3O2. The van der Waals surface area contributed by atoms with E-state index in [1.165, 1.54) is 0 Å². The molecule has 5 nitrogen and oxygen atoms in total. The third kappa shape index (κ3) is 4.51. The maximum atomic E-state index is 12.7. The zero-order valence-corrected chi connectivity index (χ0v) is 15.7. The predicted molar refractivity (Wildman–Crippen MR) is 100 cm³/mol. The number of aryl methyl sites for hydroxylation is 1. The third-order valence-electron chi connectivity index (χ3n) is 4.33. The minimum Gasteiger partial charge on any atom is -0.444 e. The van der Waals surface area contributed by atoms with Gasteiger partial charge in [-0.25, -0.2) is 4.79 Å². The molecule has 0 saturated heterocycles. The highest BCUT2D eigenvalue weighted by Crippen LogP contribution is 2.31. The van der Waals surface area contributed by atoms with Crippen LogP contribution in [0, 0.1) is 11.3 Å². The highest BCUT2D eigenvalue weighted by Gasteiger charge is 2.35. The van der Waals surface area contributed by atoms with Crippen molar-refractivity contribution in [3.05, 3.63) is 41.6 Å². The summed E-state index contributed by atoms with van der Waals surface area (Å²) in [6, 6.07) is 10.5. The van der Waals surface area contributed by atoms with Crippen molar-refractivity contribution >= 4 is 17.0 Å². The smallest absolute Gasteiger partial charge is 0.410 e. The van der Waals surface area contributed by atoms with Crippen LogP contribution in [0.2, 0.25) is 0 Å². The number of nitrogens with zero attached hydrogens (tertiary/aromatic N) is 3. The summed E-state index contributed by atoms with van der Waals surface area (Å²) in [6.07, 6.45) is 4.70. The van der Waals surface area contributed by atoms with Crippen LogP contribution in [0.5, 0.6) is 0 Å². The predicted octanol–water partition coefficient (Wildman–Crippen LogP) is 4.59. The Kier molecular flexibility index (Phi) is 5.13. The summed E-state index contributed by atoms with van der Waals surface area (Å²) in [7, 11) is 0. The molecule has 1 aromatic heterocycles. The van der Waals surface area contributed by atoms with Gasteiger partial charge in [0.05, 0.1) is 18.1 Å². The second-order valence-electron chi connectivity index (χ2n) is 7.83. The van der Waals surface area contributed by atoms with Gasteiger partial charge in [0, 0.05) is 24.0 Å². The number of hydrogen-bond acceptors (Lipinski definition) is 4. The van der Waals surface area contributed by atoms with Crippen molar-refractivity contribution < 1.29 is 9.53 Å². The van der Waals surface area contributed by atoms with Crippen LogP contribution in [0.4, 0.5) is 4.79 Å². The Morgan fingerprint density at radius 1 is 1.38 bits per heavy atom. The van der Waals surface area contributed by atoms with Crippen molar-refractivity contribution in [2.24, 2.45) is 0 Å². The van der Waals surface area contributed by atoms with Crippen LogP contribution in [0.1, 0.15) is 51.2 Å². The fraction of sp³-hybridized carbons (Fsp3) is 0.476. The van der Waals surface area contributed by atoms with Gasteiger partial charge in [0.1, 0.15) is 5.60 Å². The second-order valence-corrected chi connectivity index (χ2v) is 7.83. The van der Waals surface area contributed by atoms with Gasteiger partial charge in [0.25, 0.3) is 0 Å². The van der Waals surface area contributed by atoms with Gasteiger partial charge in [-0.15, -0.1) is 0 Å². The SMILES string of the molecule is CC(C)(C)OC(=O)N(Cc1cc(CCC#N)cc2cccnc12)C1CC1. The average molecular weight is 351 g/mol. The summed E-state index contributed by atoms with van der Waals surface area (Å²) < 4.78 is 5.60. The highest BCUT2D eigenvalue weighted by molar-refractivity contribution is 5.83. The van der Waals surface area contributed by atoms with Crippen LogP contribution < -0.4 is 0 Å². The number of hydrogen-bond donors (Lipinski definition) is 0. The Labute approximate surface area is 154 Å². The topological polar surface area (TPSA) is 66.2 Å². The summed E-state index contributed by atoms with van der Waals surface area (Å²) in [5.74, 6) is 0. The molecular weight excluding hydrogens is 326 g/mol. The van der Waals surface area contributed by atoms with E-state index in [0.717, 1.165) is 34.9 Å². The molecule has 0 N–H and O–H groups in total. The van der Waals surface area contributed by atoms with Crippen molar-refractivity contribution in [3.8, 4) is 6.07 Å². The lowest BCUT2D eigenvalue weighted by Gasteiger charge is -2.28. The zero-order chi connectivity index (χ0) is 18.7. The van der Waals surface area contributed by atoms with Gasteiger partial charge < -0.3 is 9.64 Å². The minimum atomic E-state index is -0.515. The lowest BCUT2D eigenvalue weighted by atomic mass is 10.0. The Balaban J connectivity index is 1.92. The van der Waals surface area contributed by atoms with E-state index in [9.17, 15) is 4.79 Å². The number of aromatic nitrogens is 1. The quantitative estimate of drug-likeness (QED) is 0.790. The van der Waals surface area contributed by atoms with Gasteiger partial charge in [-0.05, 0) is 63.3 Å². The molecule has 0 spiro atoms. The van der Waals surface area contributed by atoms with E-state index >= 15 is 0 Å². The van der Waals surface area contributed by atoms with E-state index in [-0.39, 0.29) is 12.1 Å². The Bertz CT molecular complexity index is 844. The van der Waals surface area contributed by atoms with Crippen LogP contribution in [0.3, 0.4) is 0 Å². The molecule has 0 bridgehead atoms. The molecule has 0 unspecified atom stereocenters. The molecule has 136 valence electrons. The summed E-state index contributed by atoms with van der Waals surface area (Å²) in [6.45, 7) is 6.13. The van der Waals surface area contributed by atoms with E-state index in [1.807, 2.05) is 37.8 Å². The van der Waals surface area contributed by atoms with Crippen molar-refractivity contribution in [2.45, 2.75) is 64.6 Å². The number of nitriles is 1. The van der Waals surface area contributed by atoms with Crippen LogP contribution in [0.15, 0.2) is 30.5 Å². The Morgan fingerprint density at radius 3 is 2.81 bits per heavy atom. The number of ether oxygens (including phenoxy) is 1. The number of amides is 1. The zero-order valence-electron chi connectivity index (χ0n) is 15.7. The fourth-order valence-electron chi connectivity index (χ4n) is 3.03. The first-order chi connectivity index (χ1) is 12.4. The fourth-order valence-corrected chi connectivity index (χ4v) is 3.03. The normalized spacial score (nSPS) is 14.1. The van der Waals surface area contributed by atoms with Crippen molar-refractivity contribution in [1.29, 1.82) is 5.26 Å². The summed E-state index contributed by atoms with van der Waals surface area (Å²) >= 11 is 0.